The fraction of sp³-hybridized carbons (Fsp3) is 0.0455. The van der Waals surface area contributed by atoms with Crippen LogP contribution in [0.25, 0.3) is 22.6 Å². The molecule has 0 saturated carbocycles. The molecule has 0 bridgehead atoms. The highest BCUT2D eigenvalue weighted by molar-refractivity contribution is 6.35. The van der Waals surface area contributed by atoms with Crippen molar-refractivity contribution in [2.45, 2.75) is 6.92 Å². The molecule has 0 aliphatic carbocycles. The molecule has 0 fully saturated rings. The molecular formula is C22H14BF2NO2. The van der Waals surface area contributed by atoms with Crippen LogP contribution in [0.15, 0.2) is 71.1 Å². The minimum atomic E-state index is -2.97. The summed E-state index contributed by atoms with van der Waals surface area (Å²) in [4.78, 5) is 4.35. The lowest BCUT2D eigenvalue weighted by molar-refractivity contribution is 0.426. The molecule has 0 aliphatic heterocycles. The summed E-state index contributed by atoms with van der Waals surface area (Å²) in [7, 11) is -2.97. The molecule has 0 saturated heterocycles. The number of rotatable bonds is 3. The molecule has 0 unspecified atom stereocenters. The van der Waals surface area contributed by atoms with Crippen molar-refractivity contribution in [2.75, 3.05) is 0 Å². The molecule has 0 amide bonds. The van der Waals surface area contributed by atoms with Gasteiger partial charge in [-0.15, -0.1) is 0 Å². The van der Waals surface area contributed by atoms with Crippen molar-refractivity contribution in [2.24, 2.45) is 0 Å². The van der Waals surface area contributed by atoms with E-state index in [0.717, 1.165) is 11.1 Å². The van der Waals surface area contributed by atoms with Gasteiger partial charge in [0.25, 0.3) is 0 Å². The quantitative estimate of drug-likeness (QED) is 0.351. The first-order valence-corrected chi connectivity index (χ1v) is 8.62. The number of nitrogens with zero attached hydrogens (tertiary/aromatic N) is 1. The smallest absolute Gasteiger partial charge is 0.504 e. The lowest BCUT2D eigenvalue weighted by atomic mass is 10.1. The maximum absolute atomic E-state index is 12.9. The van der Waals surface area contributed by atoms with Gasteiger partial charge < -0.3 is 9.07 Å². The predicted molar refractivity (Wildman–Crippen MR) is 105 cm³/mol. The van der Waals surface area contributed by atoms with Gasteiger partial charge in [-0.1, -0.05) is 41.7 Å². The Hall–Kier alpha value is -3.59. The van der Waals surface area contributed by atoms with E-state index in [9.17, 15) is 8.63 Å². The van der Waals surface area contributed by atoms with Gasteiger partial charge in [-0.2, -0.15) is 0 Å². The molecule has 6 heteroatoms. The Balaban J connectivity index is 1.72. The van der Waals surface area contributed by atoms with Crippen molar-refractivity contribution in [3.8, 4) is 29.0 Å². The summed E-state index contributed by atoms with van der Waals surface area (Å²) in [6.45, 7) is 2.00. The zero-order valence-corrected chi connectivity index (χ0v) is 14.9. The molecule has 3 nitrogen and oxygen atoms in total. The van der Waals surface area contributed by atoms with E-state index in [0.29, 0.717) is 22.2 Å². The predicted octanol–water partition coefficient (Wildman–Crippen LogP) is 5.51. The minimum absolute atomic E-state index is 0.0303. The molecule has 136 valence electrons. The summed E-state index contributed by atoms with van der Waals surface area (Å²) < 4.78 is 36.3. The number of aryl methyl sites for hydroxylation is 1. The Kier molecular flexibility index (Phi) is 4.82. The molecule has 0 aliphatic rings. The van der Waals surface area contributed by atoms with E-state index < -0.39 is 7.47 Å². The van der Waals surface area contributed by atoms with Crippen molar-refractivity contribution in [3.05, 3.63) is 83.4 Å². The summed E-state index contributed by atoms with van der Waals surface area (Å²) in [5.74, 6) is 6.18. The van der Waals surface area contributed by atoms with Gasteiger partial charge in [-0.25, -0.2) is 13.6 Å². The molecular weight excluding hydrogens is 359 g/mol. The van der Waals surface area contributed by atoms with Crippen LogP contribution in [-0.2, 0) is 0 Å². The first-order chi connectivity index (χ1) is 13.6. The summed E-state index contributed by atoms with van der Waals surface area (Å²) in [6.07, 6.45) is 0. The summed E-state index contributed by atoms with van der Waals surface area (Å²) in [5, 5.41) is 0. The first kappa shape index (κ1) is 17.8. The van der Waals surface area contributed by atoms with E-state index >= 15 is 0 Å². The number of halogens is 2. The topological polar surface area (TPSA) is 35.3 Å². The van der Waals surface area contributed by atoms with Crippen molar-refractivity contribution in [1.82, 2.24) is 4.98 Å². The standard InChI is InChI=1S/C22H14BF2NO2/c1-15-6-8-16(9-7-15)10-11-17-12-13-18(21(14-17)28-23(24)25)22-26-19-4-2-3-5-20(19)27-22/h2-9,12-14H,1H3. The molecule has 0 atom stereocenters. The molecule has 0 radical (unpaired) electrons. The van der Waals surface area contributed by atoms with E-state index in [4.69, 9.17) is 9.07 Å². The van der Waals surface area contributed by atoms with Gasteiger partial charge in [-0.05, 0) is 49.4 Å². The zero-order valence-electron chi connectivity index (χ0n) is 14.9. The van der Waals surface area contributed by atoms with E-state index in [-0.39, 0.29) is 11.6 Å². The van der Waals surface area contributed by atoms with E-state index in [1.165, 1.54) is 6.07 Å². The second-order valence-electron chi connectivity index (χ2n) is 6.19. The number of oxazole rings is 1. The SMILES string of the molecule is Cc1ccc(C#Cc2ccc(-c3nc4ccccc4o3)c(OB(F)F)c2)cc1. The maximum Gasteiger partial charge on any atom is 0.796 e. The third kappa shape index (κ3) is 3.89. The number of benzene rings is 3. The molecule has 3 aromatic carbocycles. The fourth-order valence-corrected chi connectivity index (χ4v) is 2.74. The lowest BCUT2D eigenvalue weighted by Gasteiger charge is -2.07. The van der Waals surface area contributed by atoms with Crippen LogP contribution >= 0.6 is 0 Å². The Morgan fingerprint density at radius 2 is 1.64 bits per heavy atom. The second kappa shape index (κ2) is 7.57. The number of aromatic nitrogens is 1. The van der Waals surface area contributed by atoms with Gasteiger partial charge in [0.2, 0.25) is 5.89 Å². The minimum Gasteiger partial charge on any atom is -0.504 e. The van der Waals surface area contributed by atoms with Gasteiger partial charge in [0.05, 0.1) is 5.56 Å². The maximum atomic E-state index is 12.9. The van der Waals surface area contributed by atoms with Gasteiger partial charge in [-0.3, -0.25) is 0 Å². The van der Waals surface area contributed by atoms with E-state index in [1.54, 1.807) is 24.3 Å². The van der Waals surface area contributed by atoms with Crippen LogP contribution in [0, 0.1) is 18.8 Å². The Morgan fingerprint density at radius 3 is 2.39 bits per heavy atom. The molecule has 0 N–H and O–H groups in total. The number of hydrogen-bond donors (Lipinski definition) is 0. The van der Waals surface area contributed by atoms with Crippen LogP contribution in [0.5, 0.6) is 5.75 Å². The zero-order chi connectivity index (χ0) is 19.5. The van der Waals surface area contributed by atoms with E-state index in [1.807, 2.05) is 43.3 Å². The van der Waals surface area contributed by atoms with Crippen LogP contribution < -0.4 is 4.65 Å². The second-order valence-corrected chi connectivity index (χ2v) is 6.19. The summed E-state index contributed by atoms with van der Waals surface area (Å²) in [5.41, 5.74) is 4.09. The highest BCUT2D eigenvalue weighted by Gasteiger charge is 2.22. The van der Waals surface area contributed by atoms with Crippen molar-refractivity contribution in [3.63, 3.8) is 0 Å². The largest absolute Gasteiger partial charge is 0.796 e. The van der Waals surface area contributed by atoms with Crippen LogP contribution in [0.2, 0.25) is 0 Å². The highest BCUT2D eigenvalue weighted by Crippen LogP contribution is 2.33. The number of para-hydroxylation sites is 2. The van der Waals surface area contributed by atoms with E-state index in [2.05, 4.69) is 16.8 Å². The third-order valence-corrected chi connectivity index (χ3v) is 4.12. The van der Waals surface area contributed by atoms with Crippen LogP contribution in [0.1, 0.15) is 16.7 Å². The molecule has 1 heterocycles. The van der Waals surface area contributed by atoms with Crippen molar-refractivity contribution in [1.29, 1.82) is 0 Å². The number of hydrogen-bond acceptors (Lipinski definition) is 3. The molecule has 4 aromatic rings. The average molecular weight is 373 g/mol. The van der Waals surface area contributed by atoms with Gasteiger partial charge >= 0.3 is 7.47 Å². The Labute approximate surface area is 161 Å². The van der Waals surface area contributed by atoms with Crippen molar-refractivity contribution < 1.29 is 17.7 Å². The van der Waals surface area contributed by atoms with Gasteiger partial charge in [0, 0.05) is 11.1 Å². The number of fused-ring (bicyclic) bond motifs is 1. The summed E-state index contributed by atoms with van der Waals surface area (Å²) in [6, 6.07) is 19.8. The Bertz CT molecular complexity index is 1160. The van der Waals surface area contributed by atoms with Crippen molar-refractivity contribution >= 4 is 18.6 Å². The van der Waals surface area contributed by atoms with Crippen LogP contribution in [0.4, 0.5) is 8.63 Å². The van der Waals surface area contributed by atoms with Gasteiger partial charge in [0.1, 0.15) is 11.3 Å². The molecule has 1 aromatic heterocycles. The summed E-state index contributed by atoms with van der Waals surface area (Å²) >= 11 is 0. The van der Waals surface area contributed by atoms with Gasteiger partial charge in [0.15, 0.2) is 5.58 Å². The van der Waals surface area contributed by atoms with Crippen LogP contribution in [-0.4, -0.2) is 12.5 Å². The molecule has 0 spiro atoms. The first-order valence-electron chi connectivity index (χ1n) is 8.62. The molecule has 28 heavy (non-hydrogen) atoms. The molecule has 4 rings (SSSR count). The van der Waals surface area contributed by atoms with Crippen LogP contribution in [0.3, 0.4) is 0 Å². The average Bonchev–Trinajstić information content (AvgIpc) is 3.11. The normalized spacial score (nSPS) is 10.4. The lowest BCUT2D eigenvalue weighted by Crippen LogP contribution is -2.09. The Morgan fingerprint density at radius 1 is 0.929 bits per heavy atom. The third-order valence-electron chi connectivity index (χ3n) is 4.12. The monoisotopic (exact) mass is 373 g/mol. The fourth-order valence-electron chi connectivity index (χ4n) is 2.74. The highest BCUT2D eigenvalue weighted by atomic mass is 19.2.